The maximum Gasteiger partial charge on any atom is 0.136 e. The van der Waals surface area contributed by atoms with E-state index in [0.29, 0.717) is 28.7 Å². The topological polar surface area (TPSA) is 27.1 Å². The molecule has 0 N–H and O–H groups in total. The molecular formula is C21H21BrCl2N2OS. The molecule has 3 aromatic rings. The van der Waals surface area contributed by atoms with Crippen molar-refractivity contribution in [2.24, 2.45) is 0 Å². The minimum atomic E-state index is 0.283. The number of rotatable bonds is 8. The van der Waals surface area contributed by atoms with Crippen molar-refractivity contribution in [3.05, 3.63) is 75.7 Å². The first-order valence-electron chi connectivity index (χ1n) is 8.88. The standard InChI is InChI=1S/C21H21BrCl2N2OS/c1-14(2)20-21(28-18-9-16(23)8-17(24)10-18)26(13-22)19(25-20)12-27-11-15-6-4-3-5-7-15/h3-10,14H,11-13H2,1-2H3. The molecule has 0 saturated carbocycles. The van der Waals surface area contributed by atoms with E-state index in [2.05, 4.69) is 46.5 Å². The van der Waals surface area contributed by atoms with Gasteiger partial charge in [-0.3, -0.25) is 0 Å². The van der Waals surface area contributed by atoms with Crippen LogP contribution in [0.15, 0.2) is 58.5 Å². The minimum absolute atomic E-state index is 0.283. The fraction of sp³-hybridized carbons (Fsp3) is 0.286. The summed E-state index contributed by atoms with van der Waals surface area (Å²) in [6, 6.07) is 15.7. The van der Waals surface area contributed by atoms with Crippen LogP contribution in [-0.2, 0) is 23.4 Å². The van der Waals surface area contributed by atoms with E-state index in [0.717, 1.165) is 27.0 Å². The Bertz CT molecular complexity index is 911. The van der Waals surface area contributed by atoms with E-state index in [-0.39, 0.29) is 5.92 Å². The second kappa shape index (κ2) is 10.2. The van der Waals surface area contributed by atoms with Crippen LogP contribution in [0, 0.1) is 0 Å². The maximum atomic E-state index is 6.17. The molecule has 0 saturated heterocycles. The Kier molecular flexibility index (Phi) is 7.89. The number of hydrogen-bond donors (Lipinski definition) is 0. The molecule has 3 rings (SSSR count). The molecule has 1 aromatic heterocycles. The van der Waals surface area contributed by atoms with Crippen molar-refractivity contribution in [2.45, 2.75) is 48.4 Å². The SMILES string of the molecule is CC(C)c1nc(COCc2ccccc2)n(CBr)c1Sc1cc(Cl)cc(Cl)c1. The Morgan fingerprint density at radius 3 is 2.36 bits per heavy atom. The Morgan fingerprint density at radius 2 is 1.75 bits per heavy atom. The van der Waals surface area contributed by atoms with Gasteiger partial charge in [-0.15, -0.1) is 0 Å². The van der Waals surface area contributed by atoms with Gasteiger partial charge in [0.1, 0.15) is 17.5 Å². The van der Waals surface area contributed by atoms with E-state index in [1.165, 1.54) is 0 Å². The molecule has 148 valence electrons. The molecule has 0 spiro atoms. The normalized spacial score (nSPS) is 11.4. The van der Waals surface area contributed by atoms with E-state index in [1.807, 2.05) is 30.3 Å². The molecule has 1 heterocycles. The van der Waals surface area contributed by atoms with E-state index >= 15 is 0 Å². The molecule has 0 aliphatic rings. The fourth-order valence-corrected chi connectivity index (χ4v) is 5.38. The van der Waals surface area contributed by atoms with Crippen LogP contribution in [0.4, 0.5) is 0 Å². The van der Waals surface area contributed by atoms with E-state index < -0.39 is 0 Å². The number of hydrogen-bond acceptors (Lipinski definition) is 3. The van der Waals surface area contributed by atoms with Crippen molar-refractivity contribution in [1.82, 2.24) is 9.55 Å². The molecular weight excluding hydrogens is 479 g/mol. The first-order valence-corrected chi connectivity index (χ1v) is 11.6. The highest BCUT2D eigenvalue weighted by molar-refractivity contribution is 9.08. The van der Waals surface area contributed by atoms with Crippen LogP contribution in [0.3, 0.4) is 0 Å². The second-order valence-corrected chi connectivity index (χ2v) is 9.04. The summed E-state index contributed by atoms with van der Waals surface area (Å²) in [4.78, 5) is 5.86. The smallest absolute Gasteiger partial charge is 0.136 e. The van der Waals surface area contributed by atoms with Gasteiger partial charge >= 0.3 is 0 Å². The number of halogens is 3. The number of imidazole rings is 1. The number of benzene rings is 2. The summed E-state index contributed by atoms with van der Waals surface area (Å²) in [5.41, 5.74) is 2.82. The molecule has 0 fully saturated rings. The first-order chi connectivity index (χ1) is 13.5. The van der Waals surface area contributed by atoms with E-state index in [4.69, 9.17) is 32.9 Å². The van der Waals surface area contributed by atoms with Crippen LogP contribution in [0.2, 0.25) is 10.0 Å². The molecule has 0 aliphatic carbocycles. The van der Waals surface area contributed by atoms with Gasteiger partial charge in [-0.25, -0.2) is 4.98 Å². The van der Waals surface area contributed by atoms with Crippen molar-refractivity contribution in [2.75, 3.05) is 0 Å². The van der Waals surface area contributed by atoms with Crippen molar-refractivity contribution in [3.8, 4) is 0 Å². The highest BCUT2D eigenvalue weighted by atomic mass is 79.9. The van der Waals surface area contributed by atoms with Crippen LogP contribution in [-0.4, -0.2) is 9.55 Å². The van der Waals surface area contributed by atoms with Crippen LogP contribution in [0.1, 0.15) is 36.8 Å². The van der Waals surface area contributed by atoms with E-state index in [1.54, 1.807) is 17.8 Å². The summed E-state index contributed by atoms with van der Waals surface area (Å²) in [7, 11) is 0. The molecule has 28 heavy (non-hydrogen) atoms. The third-order valence-electron chi connectivity index (χ3n) is 4.09. The van der Waals surface area contributed by atoms with Gasteiger partial charge in [0.05, 0.1) is 17.8 Å². The maximum absolute atomic E-state index is 6.17. The molecule has 0 atom stereocenters. The molecule has 0 amide bonds. The number of alkyl halides is 1. The highest BCUT2D eigenvalue weighted by Crippen LogP contribution is 2.37. The summed E-state index contributed by atoms with van der Waals surface area (Å²) in [5.74, 6) is 1.18. The molecule has 0 bridgehead atoms. The Morgan fingerprint density at radius 1 is 1.07 bits per heavy atom. The summed E-state index contributed by atoms with van der Waals surface area (Å²) >= 11 is 17.6. The third kappa shape index (κ3) is 5.55. The van der Waals surface area contributed by atoms with Crippen molar-refractivity contribution < 1.29 is 4.74 Å². The molecule has 7 heteroatoms. The Labute approximate surface area is 188 Å². The van der Waals surface area contributed by atoms with Crippen LogP contribution in [0.5, 0.6) is 0 Å². The van der Waals surface area contributed by atoms with Crippen molar-refractivity contribution in [1.29, 1.82) is 0 Å². The fourth-order valence-electron chi connectivity index (χ4n) is 2.75. The third-order valence-corrected chi connectivity index (χ3v) is 6.12. The monoisotopic (exact) mass is 498 g/mol. The predicted molar refractivity (Wildman–Crippen MR) is 121 cm³/mol. The first kappa shape index (κ1) is 21.7. The zero-order valence-electron chi connectivity index (χ0n) is 15.7. The highest BCUT2D eigenvalue weighted by Gasteiger charge is 2.20. The average Bonchev–Trinajstić information content (AvgIpc) is 2.99. The van der Waals surface area contributed by atoms with Gasteiger partial charge in [-0.05, 0) is 29.7 Å². The zero-order valence-corrected chi connectivity index (χ0v) is 19.6. The van der Waals surface area contributed by atoms with Crippen LogP contribution >= 0.6 is 50.9 Å². The summed E-state index contributed by atoms with van der Waals surface area (Å²) in [6.45, 7) is 5.28. The Hall–Kier alpha value is -0.980. The van der Waals surface area contributed by atoms with Gasteiger partial charge in [0, 0.05) is 14.9 Å². The summed E-state index contributed by atoms with van der Waals surface area (Å²) in [5, 5.41) is 2.32. The van der Waals surface area contributed by atoms with Crippen LogP contribution in [0.25, 0.3) is 0 Å². The molecule has 3 nitrogen and oxygen atoms in total. The van der Waals surface area contributed by atoms with Gasteiger partial charge in [0.25, 0.3) is 0 Å². The molecule has 0 radical (unpaired) electrons. The van der Waals surface area contributed by atoms with Gasteiger partial charge in [-0.1, -0.05) is 95.1 Å². The average molecular weight is 500 g/mol. The van der Waals surface area contributed by atoms with Crippen molar-refractivity contribution in [3.63, 3.8) is 0 Å². The predicted octanol–water partition coefficient (Wildman–Crippen LogP) is 7.53. The van der Waals surface area contributed by atoms with Gasteiger partial charge < -0.3 is 9.30 Å². The number of aromatic nitrogens is 2. The zero-order chi connectivity index (χ0) is 20.1. The lowest BCUT2D eigenvalue weighted by atomic mass is 10.2. The summed E-state index contributed by atoms with van der Waals surface area (Å²) < 4.78 is 8.07. The largest absolute Gasteiger partial charge is 0.369 e. The quantitative estimate of drug-likeness (QED) is 0.299. The van der Waals surface area contributed by atoms with E-state index in [9.17, 15) is 0 Å². The van der Waals surface area contributed by atoms with Crippen molar-refractivity contribution >= 4 is 50.9 Å². The molecule has 0 aliphatic heterocycles. The van der Waals surface area contributed by atoms with Gasteiger partial charge in [0.15, 0.2) is 0 Å². The molecule has 2 aromatic carbocycles. The minimum Gasteiger partial charge on any atom is -0.369 e. The lowest BCUT2D eigenvalue weighted by molar-refractivity contribution is 0.0995. The Balaban J connectivity index is 1.84. The lowest BCUT2D eigenvalue weighted by Gasteiger charge is -2.11. The molecule has 0 unspecified atom stereocenters. The number of ether oxygens (including phenoxy) is 1. The van der Waals surface area contributed by atoms with Crippen LogP contribution < -0.4 is 0 Å². The summed E-state index contributed by atoms with van der Waals surface area (Å²) in [6.07, 6.45) is 0. The lowest BCUT2D eigenvalue weighted by Crippen LogP contribution is -2.04. The number of nitrogens with zero attached hydrogens (tertiary/aromatic N) is 2. The second-order valence-electron chi connectivity index (χ2n) is 6.61. The van der Waals surface area contributed by atoms with Gasteiger partial charge in [-0.2, -0.15) is 0 Å². The van der Waals surface area contributed by atoms with Gasteiger partial charge in [0.2, 0.25) is 0 Å².